The maximum atomic E-state index is 14.6. The molecule has 0 amide bonds. The van der Waals surface area contributed by atoms with Gasteiger partial charge in [0.05, 0.1) is 6.04 Å². The number of hydrogen-bond acceptors (Lipinski definition) is 3. The van der Waals surface area contributed by atoms with Crippen LogP contribution in [0.3, 0.4) is 0 Å². The van der Waals surface area contributed by atoms with Crippen molar-refractivity contribution in [1.29, 1.82) is 0 Å². The van der Waals surface area contributed by atoms with E-state index >= 15 is 0 Å². The second kappa shape index (κ2) is 7.77. The molecule has 0 radical (unpaired) electrons. The third kappa shape index (κ3) is 4.26. The number of alkyl halides is 3. The molecule has 2 atom stereocenters. The fraction of sp³-hybridized carbons (Fsp3) is 0.350. The Balaban J connectivity index is 1.85. The lowest BCUT2D eigenvalue weighted by molar-refractivity contribution is -0.141. The quantitative estimate of drug-likeness (QED) is 0.672. The summed E-state index contributed by atoms with van der Waals surface area (Å²) in [5.74, 6) is -1.49. The Morgan fingerprint density at radius 2 is 1.96 bits per heavy atom. The fourth-order valence-corrected chi connectivity index (χ4v) is 3.19. The van der Waals surface area contributed by atoms with Crippen LogP contribution in [-0.2, 0) is 6.18 Å². The number of rotatable bonds is 5. The first-order valence-electron chi connectivity index (χ1n) is 8.93. The van der Waals surface area contributed by atoms with Crippen molar-refractivity contribution < 1.29 is 22.0 Å². The maximum absolute atomic E-state index is 14.6. The predicted octanol–water partition coefficient (Wildman–Crippen LogP) is 5.31. The molecular formula is C20H20F5N3. The van der Waals surface area contributed by atoms with Gasteiger partial charge in [0.1, 0.15) is 17.3 Å². The number of halogens is 5. The number of aromatic nitrogens is 1. The highest BCUT2D eigenvalue weighted by Gasteiger charge is 2.32. The molecule has 3 rings (SSSR count). The van der Waals surface area contributed by atoms with Crippen LogP contribution in [0.4, 0.5) is 22.0 Å². The molecule has 1 aliphatic heterocycles. The van der Waals surface area contributed by atoms with Gasteiger partial charge in [-0.3, -0.25) is 4.98 Å². The highest BCUT2D eigenvalue weighted by atomic mass is 19.4. The van der Waals surface area contributed by atoms with Gasteiger partial charge in [0.2, 0.25) is 0 Å². The van der Waals surface area contributed by atoms with Gasteiger partial charge in [-0.15, -0.1) is 0 Å². The summed E-state index contributed by atoms with van der Waals surface area (Å²) in [6.45, 7) is 3.75. The molecule has 0 spiro atoms. The summed E-state index contributed by atoms with van der Waals surface area (Å²) >= 11 is 0. The molecule has 1 aromatic carbocycles. The van der Waals surface area contributed by atoms with Crippen molar-refractivity contribution in [3.8, 4) is 11.1 Å². The molecule has 0 saturated heterocycles. The van der Waals surface area contributed by atoms with E-state index in [0.717, 1.165) is 36.9 Å². The number of benzene rings is 1. The topological polar surface area (TPSA) is 37.0 Å². The Morgan fingerprint density at radius 3 is 2.61 bits per heavy atom. The zero-order valence-electron chi connectivity index (χ0n) is 15.4. The molecule has 8 heteroatoms. The molecule has 2 heterocycles. The Kier molecular flexibility index (Phi) is 5.58. The first-order valence-corrected chi connectivity index (χ1v) is 8.93. The normalized spacial score (nSPS) is 17.8. The van der Waals surface area contributed by atoms with E-state index in [1.807, 2.05) is 6.20 Å². The smallest absolute Gasteiger partial charge is 0.386 e. The summed E-state index contributed by atoms with van der Waals surface area (Å²) in [5.41, 5.74) is -0.483. The van der Waals surface area contributed by atoms with Crippen LogP contribution in [0.1, 0.15) is 44.0 Å². The average Bonchev–Trinajstić information content (AvgIpc) is 3.10. The van der Waals surface area contributed by atoms with Gasteiger partial charge in [-0.25, -0.2) is 8.78 Å². The van der Waals surface area contributed by atoms with Crippen LogP contribution >= 0.6 is 0 Å². The lowest BCUT2D eigenvalue weighted by Crippen LogP contribution is -2.20. The molecular weight excluding hydrogens is 377 g/mol. The van der Waals surface area contributed by atoms with Crippen molar-refractivity contribution >= 4 is 0 Å². The standard InChI is InChI=1S/C20H20F5N3/c1-3-13-7-14(10-27-13)28-11(2)15-8-18(22)16(9-17(15)21)12-4-5-26-19(6-12)20(23,24)25/h4-6,8-11,13,27-28H,3,7H2,1-2H3/t11?,13-/m0/s1. The van der Waals surface area contributed by atoms with Gasteiger partial charge in [0, 0.05) is 41.7 Å². The van der Waals surface area contributed by atoms with E-state index in [9.17, 15) is 22.0 Å². The second-order valence-electron chi connectivity index (χ2n) is 6.79. The second-order valence-corrected chi connectivity index (χ2v) is 6.79. The third-order valence-corrected chi connectivity index (χ3v) is 4.77. The van der Waals surface area contributed by atoms with Crippen molar-refractivity contribution in [2.24, 2.45) is 0 Å². The summed E-state index contributed by atoms with van der Waals surface area (Å²) in [6, 6.07) is 3.68. The molecule has 1 aromatic heterocycles. The summed E-state index contributed by atoms with van der Waals surface area (Å²) in [7, 11) is 0. The highest BCUT2D eigenvalue weighted by Crippen LogP contribution is 2.33. The van der Waals surface area contributed by atoms with Gasteiger partial charge >= 0.3 is 6.18 Å². The molecule has 0 fully saturated rings. The van der Waals surface area contributed by atoms with E-state index in [-0.39, 0.29) is 16.7 Å². The lowest BCUT2D eigenvalue weighted by Gasteiger charge is -2.18. The first-order chi connectivity index (χ1) is 13.2. The van der Waals surface area contributed by atoms with Crippen LogP contribution in [-0.4, -0.2) is 11.0 Å². The third-order valence-electron chi connectivity index (χ3n) is 4.77. The maximum Gasteiger partial charge on any atom is 0.433 e. The van der Waals surface area contributed by atoms with E-state index < -0.39 is 29.5 Å². The molecule has 0 aliphatic carbocycles. The van der Waals surface area contributed by atoms with Crippen LogP contribution < -0.4 is 10.6 Å². The zero-order valence-corrected chi connectivity index (χ0v) is 15.4. The molecule has 0 saturated carbocycles. The Morgan fingerprint density at radius 1 is 1.21 bits per heavy atom. The van der Waals surface area contributed by atoms with Gasteiger partial charge in [-0.2, -0.15) is 13.2 Å². The molecule has 1 unspecified atom stereocenters. The molecule has 0 bridgehead atoms. The van der Waals surface area contributed by atoms with Crippen LogP contribution in [0.15, 0.2) is 42.4 Å². The SMILES string of the molecule is CC[C@H]1CC(NC(C)c2cc(F)c(-c3ccnc(C(F)(F)F)c3)cc2F)=CN1. The minimum Gasteiger partial charge on any atom is -0.386 e. The number of pyridine rings is 1. The molecule has 2 N–H and O–H groups in total. The molecule has 150 valence electrons. The minimum absolute atomic E-state index is 0.0839. The van der Waals surface area contributed by atoms with Gasteiger partial charge in [-0.05, 0) is 43.2 Å². The molecule has 28 heavy (non-hydrogen) atoms. The minimum atomic E-state index is -4.66. The van der Waals surface area contributed by atoms with Crippen molar-refractivity contribution in [2.45, 2.75) is 44.9 Å². The van der Waals surface area contributed by atoms with E-state index in [4.69, 9.17) is 0 Å². The fourth-order valence-electron chi connectivity index (χ4n) is 3.19. The number of hydrogen-bond donors (Lipinski definition) is 2. The van der Waals surface area contributed by atoms with E-state index in [1.54, 1.807) is 6.92 Å². The first kappa shape index (κ1) is 20.1. The van der Waals surface area contributed by atoms with Crippen LogP contribution in [0.2, 0.25) is 0 Å². The largest absolute Gasteiger partial charge is 0.433 e. The van der Waals surface area contributed by atoms with Crippen LogP contribution in [0.25, 0.3) is 11.1 Å². The number of nitrogens with one attached hydrogen (secondary N) is 2. The van der Waals surface area contributed by atoms with E-state index in [2.05, 4.69) is 22.5 Å². The highest BCUT2D eigenvalue weighted by molar-refractivity contribution is 5.65. The Bertz CT molecular complexity index is 892. The van der Waals surface area contributed by atoms with E-state index in [1.165, 1.54) is 6.07 Å². The molecule has 1 aliphatic rings. The van der Waals surface area contributed by atoms with Crippen molar-refractivity contribution in [3.63, 3.8) is 0 Å². The molecule has 3 nitrogen and oxygen atoms in total. The van der Waals surface area contributed by atoms with Gasteiger partial charge in [0.25, 0.3) is 0 Å². The predicted molar refractivity (Wildman–Crippen MR) is 96.1 cm³/mol. The summed E-state index contributed by atoms with van der Waals surface area (Å²) in [4.78, 5) is 3.24. The summed E-state index contributed by atoms with van der Waals surface area (Å²) in [5, 5.41) is 6.35. The zero-order chi connectivity index (χ0) is 20.5. The summed E-state index contributed by atoms with van der Waals surface area (Å²) < 4.78 is 67.7. The van der Waals surface area contributed by atoms with E-state index in [0.29, 0.717) is 12.1 Å². The van der Waals surface area contributed by atoms with Crippen molar-refractivity contribution in [1.82, 2.24) is 15.6 Å². The van der Waals surface area contributed by atoms with Gasteiger partial charge in [-0.1, -0.05) is 6.92 Å². The van der Waals surface area contributed by atoms with Gasteiger partial charge < -0.3 is 10.6 Å². The monoisotopic (exact) mass is 397 g/mol. The van der Waals surface area contributed by atoms with Crippen LogP contribution in [0, 0.1) is 11.6 Å². The average molecular weight is 397 g/mol. The van der Waals surface area contributed by atoms with Crippen LogP contribution in [0.5, 0.6) is 0 Å². The summed E-state index contributed by atoms with van der Waals surface area (Å²) in [6.07, 6.45) is -0.205. The lowest BCUT2D eigenvalue weighted by atomic mass is 9.99. The van der Waals surface area contributed by atoms with Crippen molar-refractivity contribution in [2.75, 3.05) is 0 Å². The van der Waals surface area contributed by atoms with Crippen molar-refractivity contribution in [3.05, 3.63) is 65.3 Å². The Hall–Kier alpha value is -2.64. The van der Waals surface area contributed by atoms with Gasteiger partial charge in [0.15, 0.2) is 0 Å². The Labute approximate surface area is 159 Å². The molecule has 2 aromatic rings. The number of nitrogens with zero attached hydrogens (tertiary/aromatic N) is 1.